The van der Waals surface area contributed by atoms with E-state index in [0.717, 1.165) is 70.6 Å². The molecule has 8 atom stereocenters. The lowest BCUT2D eigenvalue weighted by Gasteiger charge is -2.41. The third-order valence-corrected chi connectivity index (χ3v) is 12.4. The molecule has 0 bridgehead atoms. The van der Waals surface area contributed by atoms with E-state index in [1.54, 1.807) is 6.08 Å². The molecule has 0 aromatic rings. The Balaban J connectivity index is 2.81. The van der Waals surface area contributed by atoms with Crippen molar-refractivity contribution < 1.29 is 49.3 Å². The Bertz CT molecular complexity index is 1380. The van der Waals surface area contributed by atoms with E-state index in [1.807, 2.05) is 48.6 Å². The quantitative estimate of drug-likeness (QED) is 0.0149. The van der Waals surface area contributed by atoms with Crippen LogP contribution >= 0.6 is 0 Å². The molecule has 8 unspecified atom stereocenters. The first-order chi connectivity index (χ1) is 33.2. The Morgan fingerprint density at radius 3 is 1.63 bits per heavy atom. The number of allylic oxidation sites excluding steroid dienone is 11. The van der Waals surface area contributed by atoms with E-state index in [1.165, 1.54) is 96.3 Å². The molecule has 6 N–H and O–H groups in total. The van der Waals surface area contributed by atoms with E-state index in [0.29, 0.717) is 12.8 Å². The molecule has 1 rings (SSSR count). The number of esters is 1. The molecule has 1 saturated heterocycles. The molecular formula is C57H99NO10. The van der Waals surface area contributed by atoms with Gasteiger partial charge in [-0.15, -0.1) is 0 Å². The van der Waals surface area contributed by atoms with Gasteiger partial charge < -0.3 is 45.1 Å². The normalized spacial score (nSPS) is 20.5. The number of ether oxygens (including phenoxy) is 3. The standard InChI is InChI=1S/C57H99NO10/c1-4-7-10-13-16-19-22-25-27-30-33-36-39-42-45-52(62)68-55-54(64)53(63)51(46-59)67-57(55)66-47-48(49(60)43-40-37-34-31-29-26-23-20-17-14-11-8-5-2)58-56(65)50(61)44-41-38-35-32-28-24-21-18-15-12-9-6-3/h9,12,15,18,21,24,27-28,30,32,40,43,48-51,53-55,57,59-61,63-64H,4-8,10-11,13-14,16-17,19-20,22-23,25-26,29,31,33-39,41-42,44-47H2,1-3H3,(H,58,65)/b12-9+,18-15+,24-21-,30-27-,32-28-,43-40+. The molecular weight excluding hydrogens is 859 g/mol. The largest absolute Gasteiger partial charge is 0.454 e. The van der Waals surface area contributed by atoms with Crippen LogP contribution in [-0.4, -0.2) is 99.6 Å². The summed E-state index contributed by atoms with van der Waals surface area (Å²) in [6, 6.07) is -1.05. The maximum absolute atomic E-state index is 13.3. The summed E-state index contributed by atoms with van der Waals surface area (Å²) in [6.07, 6.45) is 45.3. The zero-order chi connectivity index (χ0) is 49.7. The molecule has 1 aliphatic rings. The molecule has 1 fully saturated rings. The van der Waals surface area contributed by atoms with Crippen LogP contribution < -0.4 is 5.32 Å². The average Bonchev–Trinajstić information content (AvgIpc) is 3.33. The fourth-order valence-corrected chi connectivity index (χ4v) is 8.07. The lowest BCUT2D eigenvalue weighted by atomic mass is 9.99. The molecule has 68 heavy (non-hydrogen) atoms. The van der Waals surface area contributed by atoms with Crippen LogP contribution in [0.25, 0.3) is 0 Å². The van der Waals surface area contributed by atoms with Gasteiger partial charge in [-0.25, -0.2) is 0 Å². The fourth-order valence-electron chi connectivity index (χ4n) is 8.07. The highest BCUT2D eigenvalue weighted by molar-refractivity contribution is 5.80. The Labute approximate surface area is 413 Å². The van der Waals surface area contributed by atoms with E-state index in [-0.39, 0.29) is 19.4 Å². The molecule has 392 valence electrons. The maximum Gasteiger partial charge on any atom is 0.306 e. The predicted molar refractivity (Wildman–Crippen MR) is 278 cm³/mol. The van der Waals surface area contributed by atoms with E-state index < -0.39 is 67.4 Å². The van der Waals surface area contributed by atoms with Crippen molar-refractivity contribution in [1.29, 1.82) is 0 Å². The van der Waals surface area contributed by atoms with E-state index in [2.05, 4.69) is 44.3 Å². The summed E-state index contributed by atoms with van der Waals surface area (Å²) in [6.45, 7) is 5.58. The van der Waals surface area contributed by atoms with Gasteiger partial charge in [-0.1, -0.05) is 209 Å². The number of unbranched alkanes of at least 4 members (excludes halogenated alkanes) is 23. The third-order valence-electron chi connectivity index (χ3n) is 12.4. The van der Waals surface area contributed by atoms with Gasteiger partial charge in [-0.3, -0.25) is 9.59 Å². The van der Waals surface area contributed by atoms with E-state index >= 15 is 0 Å². The van der Waals surface area contributed by atoms with E-state index in [4.69, 9.17) is 14.2 Å². The molecule has 0 saturated carbocycles. The summed E-state index contributed by atoms with van der Waals surface area (Å²) in [5.41, 5.74) is 0. The van der Waals surface area contributed by atoms with Crippen molar-refractivity contribution >= 4 is 11.9 Å². The molecule has 1 heterocycles. The Morgan fingerprint density at radius 2 is 1.07 bits per heavy atom. The van der Waals surface area contributed by atoms with Gasteiger partial charge >= 0.3 is 5.97 Å². The molecule has 0 aromatic heterocycles. The Kier molecular flexibility index (Phi) is 42.0. The van der Waals surface area contributed by atoms with Crippen molar-refractivity contribution in [3.05, 3.63) is 72.9 Å². The van der Waals surface area contributed by atoms with Crippen LogP contribution in [0.5, 0.6) is 0 Å². The minimum absolute atomic E-state index is 0.0958. The fraction of sp³-hybridized carbons (Fsp3) is 0.754. The summed E-state index contributed by atoms with van der Waals surface area (Å²) in [5.74, 6) is -1.26. The van der Waals surface area contributed by atoms with Gasteiger partial charge in [0.05, 0.1) is 25.4 Å². The Hall–Kier alpha value is -2.90. The monoisotopic (exact) mass is 958 g/mol. The smallest absolute Gasteiger partial charge is 0.306 e. The first-order valence-corrected chi connectivity index (χ1v) is 27.3. The highest BCUT2D eigenvalue weighted by Gasteiger charge is 2.47. The number of aliphatic hydroxyl groups excluding tert-OH is 5. The van der Waals surface area contributed by atoms with Crippen molar-refractivity contribution in [3.8, 4) is 0 Å². The van der Waals surface area contributed by atoms with E-state index in [9.17, 15) is 35.1 Å². The number of hydrogen-bond donors (Lipinski definition) is 6. The number of carbonyl (C=O) groups is 2. The minimum Gasteiger partial charge on any atom is -0.454 e. The number of aliphatic hydroxyl groups is 5. The average molecular weight is 958 g/mol. The second-order valence-electron chi connectivity index (χ2n) is 18.7. The number of hydrogen-bond acceptors (Lipinski definition) is 10. The third kappa shape index (κ3) is 33.6. The van der Waals surface area contributed by atoms with Crippen LogP contribution in [-0.2, 0) is 23.8 Å². The SMILES string of the molecule is CC/C=C/C=C/C=C\C=C/CCCCC(O)C(=O)NC(COC1OC(CO)C(O)C(O)C1OC(=O)CCCCC/C=C\CCCCCCCCC)C(O)/C=C/CCCCCCCCCCCCC. The Morgan fingerprint density at radius 1 is 0.588 bits per heavy atom. The van der Waals surface area contributed by atoms with Gasteiger partial charge in [0, 0.05) is 6.42 Å². The van der Waals surface area contributed by atoms with Crippen LogP contribution in [0.4, 0.5) is 0 Å². The number of amides is 1. The summed E-state index contributed by atoms with van der Waals surface area (Å²) < 4.78 is 17.5. The van der Waals surface area contributed by atoms with Crippen LogP contribution in [0, 0.1) is 0 Å². The number of rotatable bonds is 44. The highest BCUT2D eigenvalue weighted by atomic mass is 16.7. The molecule has 11 heteroatoms. The summed E-state index contributed by atoms with van der Waals surface area (Å²) in [7, 11) is 0. The summed E-state index contributed by atoms with van der Waals surface area (Å²) in [5, 5.41) is 56.6. The predicted octanol–water partition coefficient (Wildman–Crippen LogP) is 11.7. The molecule has 0 aromatic carbocycles. The van der Waals surface area contributed by atoms with Crippen LogP contribution in [0.15, 0.2) is 72.9 Å². The first-order valence-electron chi connectivity index (χ1n) is 27.3. The molecule has 1 aliphatic heterocycles. The maximum atomic E-state index is 13.3. The van der Waals surface area contributed by atoms with Gasteiger partial charge in [0.25, 0.3) is 0 Å². The van der Waals surface area contributed by atoms with Crippen molar-refractivity contribution in [1.82, 2.24) is 5.32 Å². The van der Waals surface area contributed by atoms with Gasteiger partial charge in [0.15, 0.2) is 12.4 Å². The van der Waals surface area contributed by atoms with Gasteiger partial charge in [0.2, 0.25) is 5.91 Å². The van der Waals surface area contributed by atoms with Gasteiger partial charge in [-0.05, 0) is 70.6 Å². The molecule has 1 amide bonds. The lowest BCUT2D eigenvalue weighted by Crippen LogP contribution is -2.61. The summed E-state index contributed by atoms with van der Waals surface area (Å²) in [4.78, 5) is 26.4. The highest BCUT2D eigenvalue weighted by Crippen LogP contribution is 2.26. The van der Waals surface area contributed by atoms with Crippen LogP contribution in [0.3, 0.4) is 0 Å². The summed E-state index contributed by atoms with van der Waals surface area (Å²) >= 11 is 0. The second kappa shape index (κ2) is 45.3. The molecule has 0 aliphatic carbocycles. The van der Waals surface area contributed by atoms with Crippen molar-refractivity contribution in [2.75, 3.05) is 13.2 Å². The zero-order valence-corrected chi connectivity index (χ0v) is 43.0. The minimum atomic E-state index is -1.63. The molecule has 0 spiro atoms. The van der Waals surface area contributed by atoms with Crippen LogP contribution in [0.1, 0.15) is 213 Å². The zero-order valence-electron chi connectivity index (χ0n) is 43.0. The van der Waals surface area contributed by atoms with Crippen molar-refractivity contribution in [3.63, 3.8) is 0 Å². The molecule has 11 nitrogen and oxygen atoms in total. The first kappa shape index (κ1) is 63.1. The van der Waals surface area contributed by atoms with Crippen LogP contribution in [0.2, 0.25) is 0 Å². The van der Waals surface area contributed by atoms with Gasteiger partial charge in [0.1, 0.15) is 24.4 Å². The van der Waals surface area contributed by atoms with Gasteiger partial charge in [-0.2, -0.15) is 0 Å². The van der Waals surface area contributed by atoms with Crippen molar-refractivity contribution in [2.24, 2.45) is 0 Å². The van der Waals surface area contributed by atoms with Crippen molar-refractivity contribution in [2.45, 2.75) is 262 Å². The second-order valence-corrected chi connectivity index (χ2v) is 18.7. The number of carbonyl (C=O) groups excluding carboxylic acids is 2. The number of nitrogens with one attached hydrogen (secondary N) is 1. The molecule has 0 radical (unpaired) electrons. The topological polar surface area (TPSA) is 175 Å². The lowest BCUT2D eigenvalue weighted by molar-refractivity contribution is -0.305.